The molecule has 3 aromatic heterocycles. The van der Waals surface area contributed by atoms with Gasteiger partial charge >= 0.3 is 0 Å². The number of hydrogen-bond acceptors (Lipinski definition) is 5. The van der Waals surface area contributed by atoms with Crippen molar-refractivity contribution >= 4 is 0 Å². The fourth-order valence-corrected chi connectivity index (χ4v) is 2.43. The summed E-state index contributed by atoms with van der Waals surface area (Å²) in [5.74, 6) is 0.718. The zero-order valence-corrected chi connectivity index (χ0v) is 12.2. The molecule has 7 heteroatoms. The highest BCUT2D eigenvalue weighted by Gasteiger charge is 2.12. The van der Waals surface area contributed by atoms with E-state index >= 15 is 0 Å². The first kappa shape index (κ1) is 13.3. The van der Waals surface area contributed by atoms with Crippen LogP contribution in [-0.2, 0) is 6.54 Å². The maximum atomic E-state index is 4.39. The maximum Gasteiger partial charge on any atom is 0.178 e. The topological polar surface area (TPSA) is 74.3 Å². The number of para-hydroxylation sites is 1. The molecule has 0 saturated heterocycles. The second-order valence-electron chi connectivity index (χ2n) is 4.95. The number of hydrogen-bond donors (Lipinski definition) is 0. The molecule has 0 fully saturated rings. The Labute approximate surface area is 132 Å². The molecule has 0 saturated carbocycles. The zero-order valence-electron chi connectivity index (χ0n) is 12.2. The van der Waals surface area contributed by atoms with E-state index in [4.69, 9.17) is 0 Å². The number of aromatic nitrogens is 7. The summed E-state index contributed by atoms with van der Waals surface area (Å²) in [6.45, 7) is 0.479. The maximum absolute atomic E-state index is 4.39. The van der Waals surface area contributed by atoms with Gasteiger partial charge in [-0.05, 0) is 40.8 Å². The molecule has 0 radical (unpaired) electrons. The molecule has 0 bridgehead atoms. The SMILES string of the molecule is c1ccc(-n2nnnc2Cn2nccc2-c2ccncc2)cc1. The average Bonchev–Trinajstić information content (AvgIpc) is 3.26. The monoisotopic (exact) mass is 303 g/mol. The van der Waals surface area contributed by atoms with Crippen LogP contribution in [-0.4, -0.2) is 35.0 Å². The van der Waals surface area contributed by atoms with Crippen LogP contribution in [0.2, 0.25) is 0 Å². The van der Waals surface area contributed by atoms with Crippen LogP contribution >= 0.6 is 0 Å². The van der Waals surface area contributed by atoms with E-state index in [9.17, 15) is 0 Å². The van der Waals surface area contributed by atoms with Gasteiger partial charge in [0.1, 0.15) is 6.54 Å². The number of rotatable bonds is 4. The summed E-state index contributed by atoms with van der Waals surface area (Å²) in [4.78, 5) is 4.05. The normalized spacial score (nSPS) is 10.8. The second-order valence-corrected chi connectivity index (χ2v) is 4.95. The third kappa shape index (κ3) is 2.59. The predicted octanol–water partition coefficient (Wildman–Crippen LogP) is 1.97. The molecule has 0 atom stereocenters. The average molecular weight is 303 g/mol. The smallest absolute Gasteiger partial charge is 0.178 e. The Morgan fingerprint density at radius 1 is 0.870 bits per heavy atom. The van der Waals surface area contributed by atoms with E-state index in [2.05, 4.69) is 25.6 Å². The molecule has 0 spiro atoms. The molecule has 1 aromatic carbocycles. The van der Waals surface area contributed by atoms with Crippen LogP contribution in [0.5, 0.6) is 0 Å². The van der Waals surface area contributed by atoms with E-state index in [1.165, 1.54) is 0 Å². The lowest BCUT2D eigenvalue weighted by Gasteiger charge is -2.08. The second kappa shape index (κ2) is 5.80. The lowest BCUT2D eigenvalue weighted by molar-refractivity contribution is 0.640. The fraction of sp³-hybridized carbons (Fsp3) is 0.0625. The van der Waals surface area contributed by atoms with Crippen molar-refractivity contribution < 1.29 is 0 Å². The summed E-state index contributed by atoms with van der Waals surface area (Å²) in [5, 5.41) is 16.4. The predicted molar refractivity (Wildman–Crippen MR) is 83.7 cm³/mol. The molecule has 0 aliphatic carbocycles. The Kier molecular flexibility index (Phi) is 3.36. The molecule has 7 nitrogen and oxygen atoms in total. The van der Waals surface area contributed by atoms with Gasteiger partial charge in [-0.3, -0.25) is 9.67 Å². The highest BCUT2D eigenvalue weighted by molar-refractivity contribution is 5.58. The third-order valence-electron chi connectivity index (χ3n) is 3.52. The van der Waals surface area contributed by atoms with Gasteiger partial charge in [-0.25, -0.2) is 0 Å². The standard InChI is InChI=1S/C16H13N7/c1-2-4-14(5-3-1)23-16(19-20-21-23)12-22-15(8-11-18-22)13-6-9-17-10-7-13/h1-11H,12H2. The van der Waals surface area contributed by atoms with E-state index < -0.39 is 0 Å². The highest BCUT2D eigenvalue weighted by Crippen LogP contribution is 2.18. The summed E-state index contributed by atoms with van der Waals surface area (Å²) >= 11 is 0. The molecule has 4 aromatic rings. The number of tetrazole rings is 1. The van der Waals surface area contributed by atoms with Crippen molar-refractivity contribution in [1.82, 2.24) is 35.0 Å². The van der Waals surface area contributed by atoms with Gasteiger partial charge in [0.15, 0.2) is 5.82 Å². The Bertz CT molecular complexity index is 821. The van der Waals surface area contributed by atoms with Crippen LogP contribution in [0.1, 0.15) is 5.82 Å². The number of nitrogens with zero attached hydrogens (tertiary/aromatic N) is 7. The quantitative estimate of drug-likeness (QED) is 0.576. The molecule has 3 heterocycles. The van der Waals surface area contributed by atoms with Crippen LogP contribution in [0.4, 0.5) is 0 Å². The van der Waals surface area contributed by atoms with Gasteiger partial charge < -0.3 is 0 Å². The lowest BCUT2D eigenvalue weighted by Crippen LogP contribution is -2.10. The van der Waals surface area contributed by atoms with Crippen molar-refractivity contribution in [1.29, 1.82) is 0 Å². The van der Waals surface area contributed by atoms with E-state index in [0.29, 0.717) is 6.54 Å². The molecule has 0 N–H and O–H groups in total. The van der Waals surface area contributed by atoms with Crippen LogP contribution in [0.3, 0.4) is 0 Å². The van der Waals surface area contributed by atoms with Gasteiger partial charge in [0.2, 0.25) is 0 Å². The summed E-state index contributed by atoms with van der Waals surface area (Å²) in [7, 11) is 0. The fourth-order valence-electron chi connectivity index (χ4n) is 2.43. The lowest BCUT2D eigenvalue weighted by atomic mass is 10.2. The largest absolute Gasteiger partial charge is 0.265 e. The highest BCUT2D eigenvalue weighted by atomic mass is 15.5. The molecule has 112 valence electrons. The number of pyridine rings is 1. The summed E-state index contributed by atoms with van der Waals surface area (Å²) in [6, 6.07) is 15.7. The number of benzene rings is 1. The van der Waals surface area contributed by atoms with Gasteiger partial charge in [0.05, 0.1) is 11.4 Å². The first-order valence-corrected chi connectivity index (χ1v) is 7.17. The summed E-state index contributed by atoms with van der Waals surface area (Å²) in [6.07, 6.45) is 5.30. The van der Waals surface area contributed by atoms with Crippen LogP contribution in [0.25, 0.3) is 16.9 Å². The van der Waals surface area contributed by atoms with E-state index in [1.54, 1.807) is 23.3 Å². The van der Waals surface area contributed by atoms with Crippen molar-refractivity contribution in [2.24, 2.45) is 0 Å². The zero-order chi connectivity index (χ0) is 15.5. The third-order valence-corrected chi connectivity index (χ3v) is 3.52. The Balaban J connectivity index is 1.69. The minimum absolute atomic E-state index is 0.479. The molecular formula is C16H13N7. The van der Waals surface area contributed by atoms with E-state index in [1.807, 2.05) is 53.2 Å². The molecule has 0 amide bonds. The molecule has 23 heavy (non-hydrogen) atoms. The van der Waals surface area contributed by atoms with Gasteiger partial charge in [0.25, 0.3) is 0 Å². The van der Waals surface area contributed by atoms with E-state index in [-0.39, 0.29) is 0 Å². The van der Waals surface area contributed by atoms with Gasteiger partial charge in [0, 0.05) is 24.2 Å². The molecule has 0 unspecified atom stereocenters. The minimum Gasteiger partial charge on any atom is -0.265 e. The Morgan fingerprint density at radius 3 is 2.52 bits per heavy atom. The van der Waals surface area contributed by atoms with Gasteiger partial charge in [-0.1, -0.05) is 18.2 Å². The van der Waals surface area contributed by atoms with Crippen molar-refractivity contribution in [2.75, 3.05) is 0 Å². The van der Waals surface area contributed by atoms with Crippen LogP contribution < -0.4 is 0 Å². The Hall–Kier alpha value is -3.35. The molecule has 4 rings (SSSR count). The van der Waals surface area contributed by atoms with E-state index in [0.717, 1.165) is 22.8 Å². The minimum atomic E-state index is 0.479. The molecule has 0 aliphatic rings. The Morgan fingerprint density at radius 2 is 1.70 bits per heavy atom. The summed E-state index contributed by atoms with van der Waals surface area (Å²) in [5.41, 5.74) is 2.97. The van der Waals surface area contributed by atoms with Crippen LogP contribution in [0.15, 0.2) is 67.1 Å². The van der Waals surface area contributed by atoms with Gasteiger partial charge in [-0.15, -0.1) is 5.10 Å². The first-order chi connectivity index (χ1) is 11.4. The van der Waals surface area contributed by atoms with Crippen LogP contribution in [0, 0.1) is 0 Å². The molecular weight excluding hydrogens is 290 g/mol. The van der Waals surface area contributed by atoms with Gasteiger partial charge in [-0.2, -0.15) is 9.78 Å². The summed E-state index contributed by atoms with van der Waals surface area (Å²) < 4.78 is 3.60. The van der Waals surface area contributed by atoms with Crippen molar-refractivity contribution in [2.45, 2.75) is 6.54 Å². The van der Waals surface area contributed by atoms with Crippen molar-refractivity contribution in [3.8, 4) is 16.9 Å². The molecule has 0 aliphatic heterocycles. The van der Waals surface area contributed by atoms with Crippen molar-refractivity contribution in [3.05, 3.63) is 72.9 Å². The van der Waals surface area contributed by atoms with Crippen molar-refractivity contribution in [3.63, 3.8) is 0 Å². The first-order valence-electron chi connectivity index (χ1n) is 7.17.